The van der Waals surface area contributed by atoms with Gasteiger partial charge in [-0.2, -0.15) is 0 Å². The number of hydrogen-bond acceptors (Lipinski definition) is 4. The zero-order chi connectivity index (χ0) is 14.7. The number of pyridine rings is 1. The summed E-state index contributed by atoms with van der Waals surface area (Å²) in [5.41, 5.74) is 1.54. The topological polar surface area (TPSA) is 80.5 Å². The molecule has 0 bridgehead atoms. The van der Waals surface area contributed by atoms with Crippen molar-refractivity contribution in [3.63, 3.8) is 0 Å². The Morgan fingerprint density at radius 1 is 1.24 bits per heavy atom. The van der Waals surface area contributed by atoms with Crippen LogP contribution in [-0.2, 0) is 0 Å². The highest BCUT2D eigenvalue weighted by Crippen LogP contribution is 2.15. The second kappa shape index (κ2) is 5.82. The van der Waals surface area contributed by atoms with E-state index in [1.807, 2.05) is 24.3 Å². The van der Waals surface area contributed by atoms with E-state index in [0.717, 1.165) is 11.4 Å². The first-order chi connectivity index (χ1) is 10.2. The van der Waals surface area contributed by atoms with Crippen molar-refractivity contribution >= 4 is 6.09 Å². The summed E-state index contributed by atoms with van der Waals surface area (Å²) in [7, 11) is 0. The highest BCUT2D eigenvalue weighted by atomic mass is 16.7. The minimum absolute atomic E-state index is 0.0166. The molecular formula is C14H16N4O3. The summed E-state index contributed by atoms with van der Waals surface area (Å²) in [6, 6.07) is 7.49. The second-order valence-electron chi connectivity index (χ2n) is 4.89. The van der Waals surface area contributed by atoms with Crippen LogP contribution >= 0.6 is 0 Å². The third-order valence-corrected chi connectivity index (χ3v) is 3.46. The van der Waals surface area contributed by atoms with E-state index in [9.17, 15) is 4.79 Å². The first-order valence-electron chi connectivity index (χ1n) is 6.84. The van der Waals surface area contributed by atoms with E-state index < -0.39 is 6.09 Å². The van der Waals surface area contributed by atoms with Gasteiger partial charge in [-0.1, -0.05) is 6.07 Å². The van der Waals surface area contributed by atoms with E-state index in [0.29, 0.717) is 25.9 Å². The van der Waals surface area contributed by atoms with Crippen molar-refractivity contribution in [1.29, 1.82) is 0 Å². The first-order valence-corrected chi connectivity index (χ1v) is 6.84. The molecule has 3 heterocycles. The molecule has 0 aliphatic carbocycles. The molecule has 7 nitrogen and oxygen atoms in total. The van der Waals surface area contributed by atoms with Gasteiger partial charge < -0.3 is 14.8 Å². The number of carbonyl (C=O) groups is 1. The van der Waals surface area contributed by atoms with Gasteiger partial charge in [0.25, 0.3) is 0 Å². The Bertz CT molecular complexity index is 606. The van der Waals surface area contributed by atoms with E-state index in [1.54, 1.807) is 12.4 Å². The third kappa shape index (κ3) is 3.13. The zero-order valence-electron chi connectivity index (χ0n) is 11.4. The Morgan fingerprint density at radius 2 is 2.05 bits per heavy atom. The summed E-state index contributed by atoms with van der Waals surface area (Å²) in [5, 5.41) is 13.2. The van der Waals surface area contributed by atoms with Gasteiger partial charge in [0.2, 0.25) is 0 Å². The van der Waals surface area contributed by atoms with Crippen LogP contribution in [0, 0.1) is 0 Å². The Kier molecular flexibility index (Phi) is 3.72. The van der Waals surface area contributed by atoms with Gasteiger partial charge in [0.15, 0.2) is 0 Å². The fourth-order valence-electron chi connectivity index (χ4n) is 2.32. The van der Waals surface area contributed by atoms with Crippen LogP contribution in [0.15, 0.2) is 36.7 Å². The van der Waals surface area contributed by atoms with Crippen molar-refractivity contribution in [2.75, 3.05) is 13.1 Å². The molecule has 21 heavy (non-hydrogen) atoms. The van der Waals surface area contributed by atoms with Gasteiger partial charge in [-0.05, 0) is 18.2 Å². The summed E-state index contributed by atoms with van der Waals surface area (Å²) in [4.78, 5) is 23.7. The smallest absolute Gasteiger partial charge is 0.407 e. The van der Waals surface area contributed by atoms with Gasteiger partial charge in [0, 0.05) is 32.1 Å². The van der Waals surface area contributed by atoms with Crippen LogP contribution in [0.1, 0.15) is 12.8 Å². The average molecular weight is 288 g/mol. The van der Waals surface area contributed by atoms with Gasteiger partial charge in [-0.25, -0.2) is 4.79 Å². The van der Waals surface area contributed by atoms with Crippen molar-refractivity contribution in [3.8, 4) is 11.4 Å². The fraction of sp³-hybridized carbons (Fsp3) is 0.357. The third-order valence-electron chi connectivity index (χ3n) is 3.46. The van der Waals surface area contributed by atoms with Crippen molar-refractivity contribution in [2.45, 2.75) is 18.9 Å². The Hall–Kier alpha value is -2.57. The minimum Gasteiger partial charge on any atom is -0.465 e. The predicted octanol–water partition coefficient (Wildman–Crippen LogP) is 1.52. The van der Waals surface area contributed by atoms with E-state index in [2.05, 4.69) is 10.1 Å². The quantitative estimate of drug-likeness (QED) is 0.926. The van der Waals surface area contributed by atoms with Crippen LogP contribution in [-0.4, -0.2) is 50.2 Å². The Balaban J connectivity index is 1.60. The predicted molar refractivity (Wildman–Crippen MR) is 74.7 cm³/mol. The number of hydrogen-bond donors (Lipinski definition) is 1. The maximum absolute atomic E-state index is 10.8. The lowest BCUT2D eigenvalue weighted by atomic mass is 10.1. The molecular weight excluding hydrogens is 272 g/mol. The molecule has 7 heteroatoms. The number of aromatic nitrogens is 3. The molecule has 2 aromatic heterocycles. The second-order valence-corrected chi connectivity index (χ2v) is 4.89. The molecule has 1 N–H and O–H groups in total. The summed E-state index contributed by atoms with van der Waals surface area (Å²) >= 11 is 0. The van der Waals surface area contributed by atoms with E-state index in [4.69, 9.17) is 9.94 Å². The normalized spacial score (nSPS) is 15.9. The Morgan fingerprint density at radius 3 is 2.71 bits per heavy atom. The molecule has 0 unspecified atom stereocenters. The molecule has 1 fully saturated rings. The highest BCUT2D eigenvalue weighted by Gasteiger charge is 2.24. The molecule has 0 aromatic carbocycles. The molecule has 1 aliphatic heterocycles. The lowest BCUT2D eigenvalue weighted by Gasteiger charge is -2.29. The van der Waals surface area contributed by atoms with Gasteiger partial charge in [0.05, 0.1) is 11.9 Å². The maximum Gasteiger partial charge on any atom is 0.407 e. The monoisotopic (exact) mass is 288 g/mol. The minimum atomic E-state index is -0.870. The van der Waals surface area contributed by atoms with Crippen molar-refractivity contribution in [3.05, 3.63) is 36.7 Å². The molecule has 1 amide bonds. The van der Waals surface area contributed by atoms with Gasteiger partial charge >= 0.3 is 6.09 Å². The number of carboxylic acid groups (broad SMARTS) is 1. The SMILES string of the molecule is O=C(O)N1CCC(On2ccc(-c3ccccn3)n2)CC1. The Labute approximate surface area is 121 Å². The van der Waals surface area contributed by atoms with Crippen LogP contribution in [0.4, 0.5) is 4.79 Å². The number of piperidine rings is 1. The zero-order valence-corrected chi connectivity index (χ0v) is 11.4. The summed E-state index contributed by atoms with van der Waals surface area (Å²) in [5.74, 6) is 0. The van der Waals surface area contributed by atoms with Gasteiger partial charge in [-0.15, -0.1) is 9.94 Å². The van der Waals surface area contributed by atoms with Crippen LogP contribution < -0.4 is 4.84 Å². The van der Waals surface area contributed by atoms with Gasteiger partial charge in [-0.3, -0.25) is 4.98 Å². The number of likely N-dealkylation sites (tertiary alicyclic amines) is 1. The first kappa shape index (κ1) is 13.4. The lowest BCUT2D eigenvalue weighted by Crippen LogP contribution is -2.42. The molecule has 0 spiro atoms. The van der Waals surface area contributed by atoms with E-state index >= 15 is 0 Å². The molecule has 0 radical (unpaired) electrons. The number of amides is 1. The van der Waals surface area contributed by atoms with Crippen LogP contribution in [0.25, 0.3) is 11.4 Å². The molecule has 3 rings (SSSR count). The summed E-state index contributed by atoms with van der Waals surface area (Å²) in [6.45, 7) is 0.989. The van der Waals surface area contributed by atoms with Crippen LogP contribution in [0.3, 0.4) is 0 Å². The summed E-state index contributed by atoms with van der Waals surface area (Å²) < 4.78 is 0. The van der Waals surface area contributed by atoms with Crippen molar-refractivity contribution in [2.24, 2.45) is 0 Å². The maximum atomic E-state index is 10.8. The highest BCUT2D eigenvalue weighted by molar-refractivity contribution is 5.65. The molecule has 1 saturated heterocycles. The molecule has 2 aromatic rings. The molecule has 0 atom stereocenters. The van der Waals surface area contributed by atoms with E-state index in [-0.39, 0.29) is 6.10 Å². The summed E-state index contributed by atoms with van der Waals surface area (Å²) in [6.07, 6.45) is 3.92. The number of nitrogens with zero attached hydrogens (tertiary/aromatic N) is 4. The van der Waals surface area contributed by atoms with Gasteiger partial charge in [0.1, 0.15) is 11.8 Å². The lowest BCUT2D eigenvalue weighted by molar-refractivity contribution is -0.0165. The van der Waals surface area contributed by atoms with Crippen LogP contribution in [0.5, 0.6) is 0 Å². The van der Waals surface area contributed by atoms with Crippen molar-refractivity contribution in [1.82, 2.24) is 19.8 Å². The molecule has 110 valence electrons. The standard InChI is InChI=1S/C14H16N4O3/c19-14(20)17-8-4-11(5-9-17)21-18-10-6-13(16-18)12-3-1-2-7-15-12/h1-3,6-7,10-11H,4-5,8-9H2,(H,19,20). The molecule has 0 saturated carbocycles. The largest absolute Gasteiger partial charge is 0.465 e. The van der Waals surface area contributed by atoms with Crippen molar-refractivity contribution < 1.29 is 14.7 Å². The number of rotatable bonds is 3. The van der Waals surface area contributed by atoms with Crippen LogP contribution in [0.2, 0.25) is 0 Å². The molecule has 1 aliphatic rings. The fourth-order valence-corrected chi connectivity index (χ4v) is 2.32. The van der Waals surface area contributed by atoms with E-state index in [1.165, 1.54) is 9.75 Å². The average Bonchev–Trinajstić information content (AvgIpc) is 2.97.